The normalized spacial score (nSPS) is 10.3. The zero-order valence-electron chi connectivity index (χ0n) is 11.4. The first-order valence-corrected chi connectivity index (χ1v) is 7.23. The van der Waals surface area contributed by atoms with Crippen LogP contribution in [0, 0.1) is 0 Å². The molecule has 0 saturated heterocycles. The van der Waals surface area contributed by atoms with E-state index in [9.17, 15) is 4.79 Å². The van der Waals surface area contributed by atoms with E-state index in [4.69, 9.17) is 23.2 Å². The third kappa shape index (κ3) is 5.70. The summed E-state index contributed by atoms with van der Waals surface area (Å²) in [5, 5.41) is 4.14. The standard InChI is InChI=1S/C14H20Cl2N2O/c1-3-4-9-18(2)14(19)17-8-7-11-5-6-12(15)10-13(11)16/h5-6,10H,3-4,7-9H2,1-2H3,(H,17,19). The largest absolute Gasteiger partial charge is 0.338 e. The Bertz CT molecular complexity index is 424. The fourth-order valence-electron chi connectivity index (χ4n) is 1.66. The molecule has 1 N–H and O–H groups in total. The Morgan fingerprint density at radius 1 is 1.37 bits per heavy atom. The number of carbonyl (C=O) groups is 1. The molecule has 2 amide bonds. The summed E-state index contributed by atoms with van der Waals surface area (Å²) in [7, 11) is 1.81. The molecule has 0 aromatic heterocycles. The molecule has 0 aliphatic carbocycles. The molecule has 0 atom stereocenters. The van der Waals surface area contributed by atoms with Gasteiger partial charge in [-0.05, 0) is 30.5 Å². The van der Waals surface area contributed by atoms with Crippen LogP contribution in [0.25, 0.3) is 0 Å². The average Bonchev–Trinajstić information content (AvgIpc) is 2.38. The number of halogens is 2. The van der Waals surface area contributed by atoms with Crippen LogP contribution in [-0.4, -0.2) is 31.1 Å². The van der Waals surface area contributed by atoms with E-state index in [0.717, 1.165) is 24.9 Å². The maximum absolute atomic E-state index is 11.7. The third-order valence-electron chi connectivity index (χ3n) is 2.88. The lowest BCUT2D eigenvalue weighted by molar-refractivity contribution is 0.208. The van der Waals surface area contributed by atoms with Crippen LogP contribution in [0.4, 0.5) is 4.79 Å². The van der Waals surface area contributed by atoms with Crippen LogP contribution in [-0.2, 0) is 6.42 Å². The fourth-order valence-corrected chi connectivity index (χ4v) is 2.16. The number of carbonyl (C=O) groups excluding carboxylic acids is 1. The SMILES string of the molecule is CCCCN(C)C(=O)NCCc1ccc(Cl)cc1Cl. The molecule has 0 bridgehead atoms. The number of nitrogens with zero attached hydrogens (tertiary/aromatic N) is 1. The van der Waals surface area contributed by atoms with Gasteiger partial charge in [-0.15, -0.1) is 0 Å². The van der Waals surface area contributed by atoms with Gasteiger partial charge in [-0.2, -0.15) is 0 Å². The minimum atomic E-state index is -0.0430. The smallest absolute Gasteiger partial charge is 0.317 e. The molecule has 1 aromatic carbocycles. The van der Waals surface area contributed by atoms with Gasteiger partial charge in [-0.25, -0.2) is 4.79 Å². The number of unbranched alkanes of at least 4 members (excludes halogenated alkanes) is 1. The number of rotatable bonds is 6. The molecule has 1 rings (SSSR count). The second-order valence-corrected chi connectivity index (χ2v) is 5.34. The van der Waals surface area contributed by atoms with Crippen molar-refractivity contribution >= 4 is 29.2 Å². The summed E-state index contributed by atoms with van der Waals surface area (Å²) < 4.78 is 0. The van der Waals surface area contributed by atoms with Gasteiger partial charge in [0.2, 0.25) is 0 Å². The number of amides is 2. The highest BCUT2D eigenvalue weighted by Gasteiger charge is 2.07. The highest BCUT2D eigenvalue weighted by molar-refractivity contribution is 6.35. The van der Waals surface area contributed by atoms with Crippen molar-refractivity contribution in [3.05, 3.63) is 33.8 Å². The van der Waals surface area contributed by atoms with Crippen molar-refractivity contribution in [2.45, 2.75) is 26.2 Å². The maximum Gasteiger partial charge on any atom is 0.317 e. The van der Waals surface area contributed by atoms with Crippen LogP contribution in [0.2, 0.25) is 10.0 Å². The summed E-state index contributed by atoms with van der Waals surface area (Å²) >= 11 is 11.9. The van der Waals surface area contributed by atoms with Crippen molar-refractivity contribution in [3.63, 3.8) is 0 Å². The van der Waals surface area contributed by atoms with Crippen LogP contribution < -0.4 is 5.32 Å². The molecule has 0 spiro atoms. The molecule has 0 heterocycles. The first kappa shape index (κ1) is 16.1. The van der Waals surface area contributed by atoms with Crippen molar-refractivity contribution in [2.24, 2.45) is 0 Å². The van der Waals surface area contributed by atoms with Crippen molar-refractivity contribution in [1.29, 1.82) is 0 Å². The number of hydrogen-bond donors (Lipinski definition) is 1. The number of urea groups is 1. The van der Waals surface area contributed by atoms with E-state index in [1.54, 1.807) is 24.1 Å². The van der Waals surface area contributed by atoms with Gasteiger partial charge >= 0.3 is 6.03 Å². The van der Waals surface area contributed by atoms with E-state index in [1.807, 2.05) is 6.07 Å². The van der Waals surface area contributed by atoms with Crippen molar-refractivity contribution < 1.29 is 4.79 Å². The van der Waals surface area contributed by atoms with Gasteiger partial charge < -0.3 is 10.2 Å². The van der Waals surface area contributed by atoms with Crippen LogP contribution in [0.1, 0.15) is 25.3 Å². The second-order valence-electron chi connectivity index (χ2n) is 4.49. The summed E-state index contributed by atoms with van der Waals surface area (Å²) in [6, 6.07) is 5.36. The van der Waals surface area contributed by atoms with Crippen LogP contribution in [0.3, 0.4) is 0 Å². The molecule has 1 aromatic rings. The van der Waals surface area contributed by atoms with E-state index in [-0.39, 0.29) is 6.03 Å². The number of hydrogen-bond acceptors (Lipinski definition) is 1. The van der Waals surface area contributed by atoms with Gasteiger partial charge in [0.15, 0.2) is 0 Å². The molecule has 19 heavy (non-hydrogen) atoms. The molecule has 0 saturated carbocycles. The molecule has 5 heteroatoms. The van der Waals surface area contributed by atoms with Crippen molar-refractivity contribution in [2.75, 3.05) is 20.1 Å². The Labute approximate surface area is 124 Å². The topological polar surface area (TPSA) is 32.3 Å². The van der Waals surface area contributed by atoms with Crippen LogP contribution in [0.5, 0.6) is 0 Å². The molecule has 0 unspecified atom stereocenters. The van der Waals surface area contributed by atoms with Crippen LogP contribution >= 0.6 is 23.2 Å². The van der Waals surface area contributed by atoms with Gasteiger partial charge in [0, 0.05) is 30.2 Å². The summed E-state index contributed by atoms with van der Waals surface area (Å²) in [5.41, 5.74) is 0.988. The summed E-state index contributed by atoms with van der Waals surface area (Å²) in [5.74, 6) is 0. The second kappa shape index (κ2) is 8.28. The first-order chi connectivity index (χ1) is 9.04. The Morgan fingerprint density at radius 2 is 2.11 bits per heavy atom. The molecule has 0 radical (unpaired) electrons. The summed E-state index contributed by atoms with van der Waals surface area (Å²) in [6.07, 6.45) is 2.80. The summed E-state index contributed by atoms with van der Waals surface area (Å²) in [6.45, 7) is 3.45. The van der Waals surface area contributed by atoms with Gasteiger partial charge in [0.05, 0.1) is 0 Å². The first-order valence-electron chi connectivity index (χ1n) is 6.47. The van der Waals surface area contributed by atoms with Crippen LogP contribution in [0.15, 0.2) is 18.2 Å². The van der Waals surface area contributed by atoms with E-state index < -0.39 is 0 Å². The van der Waals surface area contributed by atoms with Crippen molar-refractivity contribution in [1.82, 2.24) is 10.2 Å². The molecule has 0 fully saturated rings. The van der Waals surface area contributed by atoms with Gasteiger partial charge in [-0.1, -0.05) is 42.6 Å². The Kier molecular flexibility index (Phi) is 7.03. The minimum Gasteiger partial charge on any atom is -0.338 e. The minimum absolute atomic E-state index is 0.0430. The molecule has 0 aliphatic heterocycles. The van der Waals surface area contributed by atoms with Gasteiger partial charge in [-0.3, -0.25) is 0 Å². The lowest BCUT2D eigenvalue weighted by Gasteiger charge is -2.17. The van der Waals surface area contributed by atoms with Crippen molar-refractivity contribution in [3.8, 4) is 0 Å². The predicted molar refractivity (Wildman–Crippen MR) is 81.1 cm³/mol. The Morgan fingerprint density at radius 3 is 2.74 bits per heavy atom. The van der Waals surface area contributed by atoms with E-state index in [1.165, 1.54) is 0 Å². The zero-order valence-corrected chi connectivity index (χ0v) is 12.9. The van der Waals surface area contributed by atoms with E-state index >= 15 is 0 Å². The Balaban J connectivity index is 2.35. The molecular formula is C14H20Cl2N2O. The molecular weight excluding hydrogens is 283 g/mol. The number of nitrogens with one attached hydrogen (secondary N) is 1. The molecule has 0 aliphatic rings. The highest BCUT2D eigenvalue weighted by atomic mass is 35.5. The highest BCUT2D eigenvalue weighted by Crippen LogP contribution is 2.20. The monoisotopic (exact) mass is 302 g/mol. The molecule has 106 valence electrons. The average molecular weight is 303 g/mol. The zero-order chi connectivity index (χ0) is 14.3. The lowest BCUT2D eigenvalue weighted by atomic mass is 10.1. The molecule has 3 nitrogen and oxygen atoms in total. The maximum atomic E-state index is 11.7. The quantitative estimate of drug-likeness (QED) is 0.847. The lowest BCUT2D eigenvalue weighted by Crippen LogP contribution is -2.38. The third-order valence-corrected chi connectivity index (χ3v) is 3.47. The fraction of sp³-hybridized carbons (Fsp3) is 0.500. The Hall–Kier alpha value is -0.930. The van der Waals surface area contributed by atoms with Gasteiger partial charge in [0.25, 0.3) is 0 Å². The van der Waals surface area contributed by atoms with E-state index in [0.29, 0.717) is 23.0 Å². The van der Waals surface area contributed by atoms with Gasteiger partial charge in [0.1, 0.15) is 0 Å². The van der Waals surface area contributed by atoms with E-state index in [2.05, 4.69) is 12.2 Å². The predicted octanol–water partition coefficient (Wildman–Crippen LogP) is 3.98. The number of benzene rings is 1. The summed E-state index contributed by atoms with van der Waals surface area (Å²) in [4.78, 5) is 13.4.